The van der Waals surface area contributed by atoms with Crippen molar-refractivity contribution in [1.29, 1.82) is 0 Å². The lowest BCUT2D eigenvalue weighted by molar-refractivity contribution is 0.604. The number of halogens is 1. The molecule has 1 aromatic carbocycles. The molecule has 1 fully saturated rings. The van der Waals surface area contributed by atoms with Crippen LogP contribution in [-0.2, 0) is 5.41 Å². The molecule has 0 unspecified atom stereocenters. The zero-order valence-corrected chi connectivity index (χ0v) is 9.38. The number of hydrogen-bond donors (Lipinski definition) is 0. The fourth-order valence-corrected chi connectivity index (χ4v) is 2.90. The fourth-order valence-electron chi connectivity index (χ4n) is 2.04. The van der Waals surface area contributed by atoms with Crippen LogP contribution >= 0.6 is 15.9 Å². The van der Waals surface area contributed by atoms with Crippen LogP contribution in [0.1, 0.15) is 18.4 Å². The number of alkyl halides is 1. The van der Waals surface area contributed by atoms with Crippen LogP contribution in [0, 0.1) is 0 Å². The first-order chi connectivity index (χ1) is 6.86. The summed E-state index contributed by atoms with van der Waals surface area (Å²) in [7, 11) is 0. The topological polar surface area (TPSA) is 13.1 Å². The summed E-state index contributed by atoms with van der Waals surface area (Å²) in [4.78, 5) is 0. The normalized spacial score (nSPS) is 18.6. The van der Waals surface area contributed by atoms with Crippen LogP contribution in [0.5, 0.6) is 0 Å². The molecule has 2 heteroatoms. The van der Waals surface area contributed by atoms with Crippen molar-refractivity contribution < 1.29 is 4.42 Å². The predicted molar refractivity (Wildman–Crippen MR) is 60.9 cm³/mol. The van der Waals surface area contributed by atoms with Crippen molar-refractivity contribution in [2.24, 2.45) is 0 Å². The maximum absolute atomic E-state index is 5.56. The molecule has 2 aromatic rings. The number of hydrogen-bond acceptors (Lipinski definition) is 1. The molecule has 1 aliphatic rings. The molecule has 1 saturated carbocycles. The van der Waals surface area contributed by atoms with E-state index < -0.39 is 0 Å². The van der Waals surface area contributed by atoms with Gasteiger partial charge in [-0.3, -0.25) is 0 Å². The zero-order chi connectivity index (χ0) is 9.60. The molecule has 14 heavy (non-hydrogen) atoms. The van der Waals surface area contributed by atoms with E-state index in [-0.39, 0.29) is 0 Å². The largest absolute Gasteiger partial charge is 0.464 e. The second-order valence-electron chi connectivity index (χ2n) is 4.06. The van der Waals surface area contributed by atoms with Gasteiger partial charge in [-0.15, -0.1) is 0 Å². The molecule has 0 atom stereocenters. The number of fused-ring (bicyclic) bond motifs is 1. The van der Waals surface area contributed by atoms with Crippen LogP contribution in [0.2, 0.25) is 0 Å². The van der Waals surface area contributed by atoms with Crippen molar-refractivity contribution in [2.45, 2.75) is 18.3 Å². The van der Waals surface area contributed by atoms with Gasteiger partial charge in [-0.25, -0.2) is 0 Å². The smallest absolute Gasteiger partial charge is 0.137 e. The molecule has 0 spiro atoms. The summed E-state index contributed by atoms with van der Waals surface area (Å²) in [5, 5.41) is 2.26. The average Bonchev–Trinajstić information content (AvgIpc) is 2.87. The summed E-state index contributed by atoms with van der Waals surface area (Å²) in [6.07, 6.45) is 4.33. The minimum Gasteiger partial charge on any atom is -0.464 e. The first-order valence-corrected chi connectivity index (χ1v) is 6.01. The summed E-state index contributed by atoms with van der Waals surface area (Å²) in [6.45, 7) is 0. The van der Waals surface area contributed by atoms with E-state index in [1.54, 1.807) is 6.26 Å². The Morgan fingerprint density at radius 2 is 2.14 bits per heavy atom. The van der Waals surface area contributed by atoms with Crippen LogP contribution in [0.25, 0.3) is 11.0 Å². The monoisotopic (exact) mass is 250 g/mol. The SMILES string of the molecule is BrCC1(c2cccc3ccoc23)CC1. The number of para-hydroxylation sites is 1. The van der Waals surface area contributed by atoms with Crippen LogP contribution in [0.3, 0.4) is 0 Å². The zero-order valence-electron chi connectivity index (χ0n) is 7.79. The van der Waals surface area contributed by atoms with E-state index in [2.05, 4.69) is 34.1 Å². The van der Waals surface area contributed by atoms with E-state index in [0.717, 1.165) is 10.9 Å². The summed E-state index contributed by atoms with van der Waals surface area (Å²) in [5.41, 5.74) is 2.80. The molecule has 0 bridgehead atoms. The standard InChI is InChI=1S/C12H11BrO/c13-8-12(5-6-12)10-3-1-2-9-4-7-14-11(9)10/h1-4,7H,5-6,8H2. The Hall–Kier alpha value is -0.760. The molecule has 0 aliphatic heterocycles. The van der Waals surface area contributed by atoms with Gasteiger partial charge in [0, 0.05) is 21.7 Å². The molecule has 0 N–H and O–H groups in total. The van der Waals surface area contributed by atoms with Crippen molar-refractivity contribution in [3.8, 4) is 0 Å². The Bertz CT molecular complexity index is 468. The summed E-state index contributed by atoms with van der Waals surface area (Å²) in [6, 6.07) is 8.45. The van der Waals surface area contributed by atoms with Gasteiger partial charge in [-0.2, -0.15) is 0 Å². The Kier molecular flexibility index (Phi) is 1.75. The van der Waals surface area contributed by atoms with Crippen LogP contribution in [0.4, 0.5) is 0 Å². The van der Waals surface area contributed by atoms with E-state index in [1.165, 1.54) is 23.8 Å². The second-order valence-corrected chi connectivity index (χ2v) is 4.62. The van der Waals surface area contributed by atoms with Crippen LogP contribution in [-0.4, -0.2) is 5.33 Å². The second kappa shape index (κ2) is 2.86. The first-order valence-electron chi connectivity index (χ1n) is 4.88. The lowest BCUT2D eigenvalue weighted by Gasteiger charge is -2.11. The Morgan fingerprint density at radius 3 is 2.86 bits per heavy atom. The van der Waals surface area contributed by atoms with Crippen molar-refractivity contribution in [3.05, 3.63) is 36.1 Å². The van der Waals surface area contributed by atoms with E-state index >= 15 is 0 Å². The third-order valence-electron chi connectivity index (χ3n) is 3.16. The molecule has 3 rings (SSSR count). The summed E-state index contributed by atoms with van der Waals surface area (Å²) < 4.78 is 5.56. The number of benzene rings is 1. The molecule has 0 saturated heterocycles. The van der Waals surface area contributed by atoms with Crippen molar-refractivity contribution in [1.82, 2.24) is 0 Å². The van der Waals surface area contributed by atoms with Gasteiger partial charge in [-0.1, -0.05) is 34.1 Å². The quantitative estimate of drug-likeness (QED) is 0.738. The highest BCUT2D eigenvalue weighted by molar-refractivity contribution is 9.09. The van der Waals surface area contributed by atoms with Gasteiger partial charge < -0.3 is 4.42 Å². The molecule has 1 nitrogen and oxygen atoms in total. The van der Waals surface area contributed by atoms with Gasteiger partial charge in [-0.05, 0) is 18.9 Å². The van der Waals surface area contributed by atoms with E-state index in [9.17, 15) is 0 Å². The van der Waals surface area contributed by atoms with Gasteiger partial charge in [0.2, 0.25) is 0 Å². The van der Waals surface area contributed by atoms with Crippen molar-refractivity contribution in [3.63, 3.8) is 0 Å². The van der Waals surface area contributed by atoms with Gasteiger partial charge in [0.15, 0.2) is 0 Å². The Labute approximate surface area is 91.2 Å². The maximum Gasteiger partial charge on any atom is 0.137 e. The summed E-state index contributed by atoms with van der Waals surface area (Å²) >= 11 is 3.60. The maximum atomic E-state index is 5.56. The molecule has 72 valence electrons. The molecule has 0 radical (unpaired) electrons. The van der Waals surface area contributed by atoms with Gasteiger partial charge >= 0.3 is 0 Å². The van der Waals surface area contributed by atoms with Crippen LogP contribution < -0.4 is 0 Å². The highest BCUT2D eigenvalue weighted by atomic mass is 79.9. The molecular weight excluding hydrogens is 240 g/mol. The van der Waals surface area contributed by atoms with Gasteiger partial charge in [0.25, 0.3) is 0 Å². The first kappa shape index (κ1) is 8.54. The fraction of sp³-hybridized carbons (Fsp3) is 0.333. The lowest BCUT2D eigenvalue weighted by Crippen LogP contribution is -2.07. The van der Waals surface area contributed by atoms with Gasteiger partial charge in [0.05, 0.1) is 6.26 Å². The minimum absolute atomic E-state index is 0.358. The highest BCUT2D eigenvalue weighted by Crippen LogP contribution is 2.51. The Morgan fingerprint density at radius 1 is 1.29 bits per heavy atom. The van der Waals surface area contributed by atoms with Crippen LogP contribution in [0.15, 0.2) is 34.9 Å². The molecule has 0 amide bonds. The van der Waals surface area contributed by atoms with Crippen molar-refractivity contribution >= 4 is 26.9 Å². The average molecular weight is 251 g/mol. The molecular formula is C12H11BrO. The van der Waals surface area contributed by atoms with E-state index in [0.29, 0.717) is 5.41 Å². The van der Waals surface area contributed by atoms with E-state index in [4.69, 9.17) is 4.42 Å². The number of furan rings is 1. The third-order valence-corrected chi connectivity index (χ3v) is 4.23. The highest BCUT2D eigenvalue weighted by Gasteiger charge is 2.44. The third kappa shape index (κ3) is 1.07. The molecule has 1 heterocycles. The minimum atomic E-state index is 0.358. The molecule has 1 aliphatic carbocycles. The number of rotatable bonds is 2. The van der Waals surface area contributed by atoms with Gasteiger partial charge in [0.1, 0.15) is 5.58 Å². The predicted octanol–water partition coefficient (Wildman–Crippen LogP) is 3.86. The lowest BCUT2D eigenvalue weighted by atomic mass is 9.97. The molecule has 1 aromatic heterocycles. The summed E-state index contributed by atoms with van der Waals surface area (Å²) in [5.74, 6) is 0. The Balaban J connectivity index is 2.25. The van der Waals surface area contributed by atoms with E-state index in [1.807, 2.05) is 6.07 Å². The van der Waals surface area contributed by atoms with Crippen molar-refractivity contribution in [2.75, 3.05) is 5.33 Å².